The second-order valence-electron chi connectivity index (χ2n) is 7.60. The molecule has 0 saturated carbocycles. The summed E-state index contributed by atoms with van der Waals surface area (Å²) >= 11 is 0. The number of carbonyl (C=O) groups excluding carboxylic acids is 1. The zero-order chi connectivity index (χ0) is 24.9. The number of allylic oxidation sites excluding steroid dienone is 1. The maximum Gasteiger partial charge on any atom is 0.312 e. The van der Waals surface area contributed by atoms with Gasteiger partial charge in [0.05, 0.1) is 19.8 Å². The average molecular weight is 489 g/mol. The molecule has 3 aromatic rings. The van der Waals surface area contributed by atoms with Gasteiger partial charge in [0.2, 0.25) is 0 Å². The van der Waals surface area contributed by atoms with Crippen molar-refractivity contribution in [2.75, 3.05) is 19.8 Å². The molecule has 0 bridgehead atoms. The molecule has 0 spiro atoms. The average Bonchev–Trinajstić information content (AvgIpc) is 3.19. The van der Waals surface area contributed by atoms with Crippen molar-refractivity contribution in [1.29, 1.82) is 5.41 Å². The highest BCUT2D eigenvalue weighted by Gasteiger charge is 2.26. The van der Waals surface area contributed by atoms with Gasteiger partial charge in [-0.1, -0.05) is 0 Å². The van der Waals surface area contributed by atoms with Crippen LogP contribution in [0.2, 0.25) is 0 Å². The number of carbonyl (C=O) groups is 1. The van der Waals surface area contributed by atoms with Crippen molar-refractivity contribution in [2.45, 2.75) is 19.2 Å². The minimum absolute atomic E-state index is 0.0474. The quantitative estimate of drug-likeness (QED) is 0.327. The number of hydrogen-bond acceptors (Lipinski definition) is 8. The van der Waals surface area contributed by atoms with E-state index in [0.29, 0.717) is 42.4 Å². The monoisotopic (exact) mass is 489 g/mol. The minimum atomic E-state index is -2.83. The third-order valence-corrected chi connectivity index (χ3v) is 5.29. The fourth-order valence-electron chi connectivity index (χ4n) is 3.70. The molecule has 1 saturated heterocycles. The fourth-order valence-corrected chi connectivity index (χ4v) is 3.70. The summed E-state index contributed by atoms with van der Waals surface area (Å²) in [7, 11) is 1.72. The number of aryl methyl sites for hydroxylation is 1. The molecule has 10 nitrogen and oxygen atoms in total. The number of halogens is 3. The number of nitrogens with zero attached hydrogens (tertiary/aromatic N) is 4. The topological polar surface area (TPSA) is 127 Å². The first-order valence-corrected chi connectivity index (χ1v) is 10.6. The van der Waals surface area contributed by atoms with Gasteiger partial charge in [0.1, 0.15) is 29.6 Å². The molecule has 1 fully saturated rings. The molecule has 0 aliphatic carbocycles. The number of aromatic nitrogens is 4. The van der Waals surface area contributed by atoms with Crippen LogP contribution in [0.25, 0.3) is 16.7 Å². The van der Waals surface area contributed by atoms with E-state index >= 15 is 0 Å². The first-order valence-electron chi connectivity index (χ1n) is 10.6. The van der Waals surface area contributed by atoms with Gasteiger partial charge < -0.3 is 30.1 Å². The number of benzene rings is 1. The molecular formula is C22H22F3N7O3. The lowest BCUT2D eigenvalue weighted by Gasteiger charge is -2.22. The molecule has 3 N–H and O–H groups in total. The van der Waals surface area contributed by atoms with Crippen LogP contribution < -0.4 is 10.6 Å². The van der Waals surface area contributed by atoms with E-state index in [1.54, 1.807) is 16.9 Å². The molecule has 2 aromatic heterocycles. The summed E-state index contributed by atoms with van der Waals surface area (Å²) in [5.41, 5.74) is 1.41. The maximum absolute atomic E-state index is 14.2. The zero-order valence-corrected chi connectivity index (χ0v) is 18.6. The molecule has 1 aliphatic rings. The van der Waals surface area contributed by atoms with E-state index in [-0.39, 0.29) is 23.4 Å². The normalized spacial score (nSPS) is 16.5. The van der Waals surface area contributed by atoms with Crippen LogP contribution >= 0.6 is 0 Å². The first-order chi connectivity index (χ1) is 16.9. The number of imidazole rings is 1. The lowest BCUT2D eigenvalue weighted by molar-refractivity contribution is -0.0942. The zero-order valence-electron chi connectivity index (χ0n) is 18.6. The summed E-state index contributed by atoms with van der Waals surface area (Å²) in [6.45, 7) is -1.66. The predicted molar refractivity (Wildman–Crippen MR) is 119 cm³/mol. The summed E-state index contributed by atoms with van der Waals surface area (Å²) < 4.78 is 51.9. The first kappa shape index (κ1) is 24.3. The van der Waals surface area contributed by atoms with Crippen LogP contribution in [0.3, 0.4) is 0 Å². The summed E-state index contributed by atoms with van der Waals surface area (Å²) in [4.78, 5) is 25.7. The molecule has 35 heavy (non-hydrogen) atoms. The summed E-state index contributed by atoms with van der Waals surface area (Å²) in [6, 6.07) is 3.80. The Hall–Kier alpha value is -3.84. The van der Waals surface area contributed by atoms with Crippen molar-refractivity contribution >= 4 is 28.9 Å². The molecule has 184 valence electrons. The lowest BCUT2D eigenvalue weighted by atomic mass is 10.0. The third kappa shape index (κ3) is 5.46. The molecule has 4 rings (SSSR count). The van der Waals surface area contributed by atoms with Gasteiger partial charge in [-0.15, -0.1) is 0 Å². The molecule has 1 aromatic carbocycles. The molecule has 1 amide bonds. The Bertz CT molecular complexity index is 1270. The number of rotatable bonds is 8. The maximum atomic E-state index is 14.2. The molecule has 1 aliphatic heterocycles. The minimum Gasteiger partial charge on any atom is -0.376 e. The second-order valence-corrected chi connectivity index (χ2v) is 7.60. The Labute approximate surface area is 197 Å². The van der Waals surface area contributed by atoms with Crippen molar-refractivity contribution in [3.05, 3.63) is 59.2 Å². The standard InChI is InChI=1S/C22H22F3N7O3/c1-32-18-17(29-11-30-19(18)31-20(32)16-10-34-2-3-35-16)21(33)27-8-12-4-13(6-15(23)5-12)14(7-26)9-28-22(24)25/h4-7,9,11,16,22,26,28H,2-3,8,10H2,1H3,(H,27,33)/b14-9+,26-7?. The highest BCUT2D eigenvalue weighted by Crippen LogP contribution is 2.24. The Morgan fingerprint density at radius 3 is 2.86 bits per heavy atom. The Morgan fingerprint density at radius 2 is 2.14 bits per heavy atom. The van der Waals surface area contributed by atoms with E-state index in [1.807, 2.05) is 0 Å². The molecule has 1 atom stereocenters. The van der Waals surface area contributed by atoms with Crippen molar-refractivity contribution in [2.24, 2.45) is 7.05 Å². The van der Waals surface area contributed by atoms with Gasteiger partial charge in [-0.2, -0.15) is 8.78 Å². The van der Waals surface area contributed by atoms with Crippen LogP contribution in [0.5, 0.6) is 0 Å². The van der Waals surface area contributed by atoms with Gasteiger partial charge in [-0.25, -0.2) is 19.3 Å². The van der Waals surface area contributed by atoms with E-state index in [0.717, 1.165) is 18.5 Å². The Balaban J connectivity index is 1.55. The van der Waals surface area contributed by atoms with Crippen LogP contribution in [-0.2, 0) is 23.1 Å². The fraction of sp³-hybridized carbons (Fsp3) is 0.318. The SMILES string of the molecule is Cn1c(C2COCCO2)nc2ncnc(C(=O)NCc3cc(F)cc(/C(C=N)=C/NC(F)F)c3)c21. The van der Waals surface area contributed by atoms with E-state index in [2.05, 4.69) is 20.3 Å². The highest BCUT2D eigenvalue weighted by atomic mass is 19.3. The van der Waals surface area contributed by atoms with E-state index in [1.165, 1.54) is 18.5 Å². The van der Waals surface area contributed by atoms with Gasteiger partial charge in [0.15, 0.2) is 11.3 Å². The van der Waals surface area contributed by atoms with E-state index in [9.17, 15) is 18.0 Å². The summed E-state index contributed by atoms with van der Waals surface area (Å²) in [5, 5.41) is 11.9. The van der Waals surface area contributed by atoms with Crippen molar-refractivity contribution in [3.8, 4) is 0 Å². The number of hydrogen-bond donors (Lipinski definition) is 3. The Morgan fingerprint density at radius 1 is 1.31 bits per heavy atom. The second kappa shape index (κ2) is 10.6. The van der Waals surface area contributed by atoms with Crippen LogP contribution in [-0.4, -0.2) is 58.0 Å². The van der Waals surface area contributed by atoms with Crippen LogP contribution in [0, 0.1) is 11.2 Å². The number of ether oxygens (including phenoxy) is 2. The molecule has 13 heteroatoms. The summed E-state index contributed by atoms with van der Waals surface area (Å²) in [5.74, 6) is -0.639. The molecular weight excluding hydrogens is 467 g/mol. The van der Waals surface area contributed by atoms with Crippen LogP contribution in [0.1, 0.15) is 33.5 Å². The number of nitrogens with one attached hydrogen (secondary N) is 3. The van der Waals surface area contributed by atoms with Gasteiger partial charge >= 0.3 is 6.55 Å². The highest BCUT2D eigenvalue weighted by molar-refractivity contribution is 6.08. The van der Waals surface area contributed by atoms with Gasteiger partial charge in [-0.05, 0) is 29.3 Å². The number of alkyl halides is 2. The molecule has 1 unspecified atom stereocenters. The molecule has 3 heterocycles. The summed E-state index contributed by atoms with van der Waals surface area (Å²) in [6.07, 6.45) is 2.57. The molecule has 0 radical (unpaired) electrons. The number of amides is 1. The van der Waals surface area contributed by atoms with Crippen LogP contribution in [0.15, 0.2) is 30.7 Å². The van der Waals surface area contributed by atoms with Crippen LogP contribution in [0.4, 0.5) is 13.2 Å². The van der Waals surface area contributed by atoms with Crippen molar-refractivity contribution in [1.82, 2.24) is 30.2 Å². The van der Waals surface area contributed by atoms with Gasteiger partial charge in [0.25, 0.3) is 5.91 Å². The Kier molecular flexibility index (Phi) is 7.36. The van der Waals surface area contributed by atoms with Crippen molar-refractivity contribution < 1.29 is 27.4 Å². The van der Waals surface area contributed by atoms with Gasteiger partial charge in [-0.3, -0.25) is 4.79 Å². The largest absolute Gasteiger partial charge is 0.376 e. The predicted octanol–water partition coefficient (Wildman–Crippen LogP) is 2.32. The van der Waals surface area contributed by atoms with E-state index < -0.39 is 24.4 Å². The lowest BCUT2D eigenvalue weighted by Crippen LogP contribution is -2.26. The smallest absolute Gasteiger partial charge is 0.312 e. The van der Waals surface area contributed by atoms with Crippen molar-refractivity contribution in [3.63, 3.8) is 0 Å². The van der Waals surface area contributed by atoms with Gasteiger partial charge in [0, 0.05) is 31.6 Å². The van der Waals surface area contributed by atoms with E-state index in [4.69, 9.17) is 14.9 Å². The number of fused-ring (bicyclic) bond motifs is 1. The third-order valence-electron chi connectivity index (χ3n) is 5.29.